The van der Waals surface area contributed by atoms with Gasteiger partial charge in [-0.15, -0.1) is 0 Å². The van der Waals surface area contributed by atoms with Crippen LogP contribution in [-0.2, 0) is 33.3 Å². The van der Waals surface area contributed by atoms with Gasteiger partial charge in [0.1, 0.15) is 37.3 Å². The smallest absolute Gasteiger partial charge is 0.331 e. The molecule has 4 aliphatic carbocycles. The van der Waals surface area contributed by atoms with Crippen LogP contribution in [0.1, 0.15) is 85.0 Å². The highest BCUT2D eigenvalue weighted by atomic mass is 16.7. The number of hydrogen-bond acceptors (Lipinski definition) is 13. The van der Waals surface area contributed by atoms with Crippen molar-refractivity contribution in [1.29, 1.82) is 0 Å². The van der Waals surface area contributed by atoms with Crippen molar-refractivity contribution in [2.75, 3.05) is 6.61 Å². The lowest BCUT2D eigenvalue weighted by Crippen LogP contribution is -2.69. The van der Waals surface area contributed by atoms with Gasteiger partial charge in [-0.1, -0.05) is 6.92 Å². The molecule has 0 bridgehead atoms. The zero-order valence-corrected chi connectivity index (χ0v) is 28.0. The van der Waals surface area contributed by atoms with Crippen molar-refractivity contribution >= 4 is 12.3 Å². The van der Waals surface area contributed by atoms with E-state index in [1.54, 1.807) is 19.9 Å². The third kappa shape index (κ3) is 5.17. The van der Waals surface area contributed by atoms with Gasteiger partial charge in [-0.05, 0) is 88.5 Å². The highest BCUT2D eigenvalue weighted by Gasteiger charge is 2.71. The number of fused-ring (bicyclic) bond motifs is 5. The van der Waals surface area contributed by atoms with Gasteiger partial charge in [0.15, 0.2) is 12.6 Å². The Balaban J connectivity index is 1.01. The van der Waals surface area contributed by atoms with Gasteiger partial charge >= 0.3 is 5.97 Å². The van der Waals surface area contributed by atoms with Gasteiger partial charge in [-0.25, -0.2) is 4.79 Å². The summed E-state index contributed by atoms with van der Waals surface area (Å²) in [5.41, 5.74) is -2.87. The van der Waals surface area contributed by atoms with Crippen LogP contribution in [0.4, 0.5) is 0 Å². The largest absolute Gasteiger partial charge is 0.458 e. The van der Waals surface area contributed by atoms with E-state index in [2.05, 4.69) is 6.92 Å². The molecule has 0 unspecified atom stereocenters. The van der Waals surface area contributed by atoms with Crippen molar-refractivity contribution in [1.82, 2.24) is 0 Å². The standard InChI is InChI=1S/C35H52O13/c1-17-27(39)28(40)29(41)31(46-17)48-30-18(2)45-26(13-24(30)37)47-20-4-9-33(16-36)22-5-8-32(3)21(19-12-25(38)44-15-19)7-11-35(32,43)23(22)6-10-34(33,42)14-20/h12,16-18,20-24,26-31,37,39-43H,4-11,13-15H2,1-3H3/t17-,18+,20-,21+,22-,23+,24-,26-,27-,28+,29+,30+,31-,32+,33-,34-,35-/m0/s1. The molecule has 13 nitrogen and oxygen atoms in total. The summed E-state index contributed by atoms with van der Waals surface area (Å²) in [6.45, 7) is 5.64. The van der Waals surface area contributed by atoms with Crippen molar-refractivity contribution in [3.05, 3.63) is 11.6 Å². The average Bonchev–Trinajstić information content (AvgIpc) is 3.59. The molecule has 3 heterocycles. The lowest BCUT2D eigenvalue weighted by molar-refractivity contribution is -0.341. The Bertz CT molecular complexity index is 1280. The first-order valence-corrected chi connectivity index (χ1v) is 17.8. The molecule has 270 valence electrons. The van der Waals surface area contributed by atoms with Gasteiger partial charge in [-0.3, -0.25) is 0 Å². The molecule has 0 aromatic rings. The fourth-order valence-corrected chi connectivity index (χ4v) is 11.2. The molecule has 4 saturated carbocycles. The van der Waals surface area contributed by atoms with E-state index in [1.165, 1.54) is 0 Å². The normalized spacial score (nSPS) is 55.2. The first-order chi connectivity index (χ1) is 22.7. The van der Waals surface area contributed by atoms with Crippen LogP contribution in [0.25, 0.3) is 0 Å². The lowest BCUT2D eigenvalue weighted by Gasteiger charge is -2.65. The van der Waals surface area contributed by atoms with Crippen LogP contribution in [0.15, 0.2) is 11.6 Å². The van der Waals surface area contributed by atoms with E-state index in [9.17, 15) is 40.2 Å². The zero-order chi connectivity index (χ0) is 34.4. The number of carbonyl (C=O) groups is 2. The molecule has 17 atom stereocenters. The third-order valence-electron chi connectivity index (χ3n) is 13.9. The van der Waals surface area contributed by atoms with Crippen molar-refractivity contribution in [3.63, 3.8) is 0 Å². The van der Waals surface area contributed by atoms with Gasteiger partial charge < -0.3 is 59.1 Å². The summed E-state index contributed by atoms with van der Waals surface area (Å²) in [7, 11) is 0. The predicted octanol–water partition coefficient (Wildman–Crippen LogP) is 0.631. The van der Waals surface area contributed by atoms with Crippen LogP contribution in [-0.4, -0.2) is 122 Å². The molecule has 3 aliphatic heterocycles. The molecule has 13 heteroatoms. The molecule has 7 aliphatic rings. The summed E-state index contributed by atoms with van der Waals surface area (Å²) in [5.74, 6) is -0.640. The SMILES string of the molecule is C[C@@H]1O[C@@H](O[C@H]2[C@@H](O)C[C@H](O[C@H]3CC[C@]4(C=O)[C@H]5CC[C@]6(C)[C@@H](C7=CC(=O)OC7)CC[C@]6(O)[C@@H]5CC[C@]4(O)C3)O[C@@H]2C)[C@H](O)[C@H](O)[C@H]1O. The summed E-state index contributed by atoms with van der Waals surface area (Å²) >= 11 is 0. The van der Waals surface area contributed by atoms with Crippen LogP contribution in [0.5, 0.6) is 0 Å². The fraction of sp³-hybridized carbons (Fsp3) is 0.886. The molecule has 0 amide bonds. The number of hydrogen-bond donors (Lipinski definition) is 6. The molecule has 0 aromatic carbocycles. The summed E-state index contributed by atoms with van der Waals surface area (Å²) < 4.78 is 29.0. The maximum absolute atomic E-state index is 13.2. The Morgan fingerprint density at radius 1 is 0.875 bits per heavy atom. The number of cyclic esters (lactones) is 1. The van der Waals surface area contributed by atoms with E-state index in [0.717, 1.165) is 18.3 Å². The van der Waals surface area contributed by atoms with Gasteiger partial charge in [0, 0.05) is 24.3 Å². The van der Waals surface area contributed by atoms with Gasteiger partial charge in [-0.2, -0.15) is 0 Å². The minimum absolute atomic E-state index is 0.0357. The Hall–Kier alpha value is -1.52. The third-order valence-corrected chi connectivity index (χ3v) is 13.9. The number of rotatable bonds is 6. The topological polar surface area (TPSA) is 202 Å². The number of esters is 1. The minimum Gasteiger partial charge on any atom is -0.458 e. The Labute approximate surface area is 280 Å². The summed E-state index contributed by atoms with van der Waals surface area (Å²) in [4.78, 5) is 25.0. The molecule has 7 rings (SSSR count). The second kappa shape index (κ2) is 12.3. The maximum atomic E-state index is 13.2. The van der Waals surface area contributed by atoms with E-state index < -0.39 is 83.4 Å². The zero-order valence-electron chi connectivity index (χ0n) is 28.0. The Kier molecular flexibility index (Phi) is 8.96. The van der Waals surface area contributed by atoms with Crippen LogP contribution >= 0.6 is 0 Å². The predicted molar refractivity (Wildman–Crippen MR) is 165 cm³/mol. The molecule has 0 spiro atoms. The van der Waals surface area contributed by atoms with E-state index >= 15 is 0 Å². The van der Waals surface area contributed by atoms with Gasteiger partial charge in [0.2, 0.25) is 0 Å². The monoisotopic (exact) mass is 680 g/mol. The van der Waals surface area contributed by atoms with Crippen molar-refractivity contribution in [2.24, 2.45) is 28.6 Å². The molecular weight excluding hydrogens is 628 g/mol. The lowest BCUT2D eigenvalue weighted by atomic mass is 9.41. The number of aldehydes is 1. The van der Waals surface area contributed by atoms with Crippen molar-refractivity contribution < 1.29 is 63.9 Å². The Morgan fingerprint density at radius 2 is 1.62 bits per heavy atom. The molecule has 6 fully saturated rings. The highest BCUT2D eigenvalue weighted by molar-refractivity contribution is 5.85. The molecule has 2 saturated heterocycles. The second-order valence-corrected chi connectivity index (χ2v) is 16.1. The highest BCUT2D eigenvalue weighted by Crippen LogP contribution is 2.70. The van der Waals surface area contributed by atoms with Crippen LogP contribution < -0.4 is 0 Å². The molecule has 0 aromatic heterocycles. The molecule has 0 radical (unpaired) electrons. The number of aliphatic hydroxyl groups excluding tert-OH is 4. The van der Waals surface area contributed by atoms with Crippen LogP contribution in [0, 0.1) is 28.6 Å². The number of ether oxygens (including phenoxy) is 5. The summed E-state index contributed by atoms with van der Waals surface area (Å²) in [6.07, 6.45) is -2.84. The summed E-state index contributed by atoms with van der Waals surface area (Å²) in [6, 6.07) is 0. The molecular formula is C35H52O13. The van der Waals surface area contributed by atoms with E-state index in [0.29, 0.717) is 44.9 Å². The number of carbonyl (C=O) groups excluding carboxylic acids is 2. The van der Waals surface area contributed by atoms with Gasteiger partial charge in [0.25, 0.3) is 0 Å². The summed E-state index contributed by atoms with van der Waals surface area (Å²) in [5, 5.41) is 66.3. The van der Waals surface area contributed by atoms with Crippen molar-refractivity contribution in [2.45, 2.75) is 158 Å². The van der Waals surface area contributed by atoms with Gasteiger partial charge in [0.05, 0.1) is 41.0 Å². The molecule has 6 N–H and O–H groups in total. The first kappa shape index (κ1) is 34.9. The first-order valence-electron chi connectivity index (χ1n) is 17.8. The average molecular weight is 681 g/mol. The Morgan fingerprint density at radius 3 is 2.31 bits per heavy atom. The van der Waals surface area contributed by atoms with E-state index in [4.69, 9.17) is 23.7 Å². The minimum atomic E-state index is -1.51. The van der Waals surface area contributed by atoms with E-state index in [-0.39, 0.29) is 43.2 Å². The maximum Gasteiger partial charge on any atom is 0.331 e. The second-order valence-electron chi connectivity index (χ2n) is 16.1. The molecule has 48 heavy (non-hydrogen) atoms. The van der Waals surface area contributed by atoms with Crippen molar-refractivity contribution in [3.8, 4) is 0 Å². The quantitative estimate of drug-likeness (QED) is 0.130. The van der Waals surface area contributed by atoms with Crippen LogP contribution in [0.3, 0.4) is 0 Å². The number of aliphatic hydroxyl groups is 6. The van der Waals surface area contributed by atoms with E-state index in [1.807, 2.05) is 0 Å². The fourth-order valence-electron chi connectivity index (χ4n) is 11.2. The van der Waals surface area contributed by atoms with Crippen LogP contribution in [0.2, 0.25) is 0 Å².